The molecule has 10 heteroatoms. The summed E-state index contributed by atoms with van der Waals surface area (Å²) in [5, 5.41) is 1.60. The summed E-state index contributed by atoms with van der Waals surface area (Å²) < 4.78 is 28.9. The van der Waals surface area contributed by atoms with E-state index in [9.17, 15) is 22.8 Å². The first-order valence-corrected chi connectivity index (χ1v) is 17.0. The van der Waals surface area contributed by atoms with Crippen LogP contribution in [-0.4, -0.2) is 69.9 Å². The molecule has 2 amide bonds. The van der Waals surface area contributed by atoms with E-state index >= 15 is 0 Å². The lowest BCUT2D eigenvalue weighted by Gasteiger charge is -2.39. The topological polar surface area (TPSA) is 113 Å². The number of aromatic nitrogens is 2. The van der Waals surface area contributed by atoms with Crippen LogP contribution in [0, 0.1) is 11.3 Å². The molecule has 3 atom stereocenters. The van der Waals surface area contributed by atoms with Crippen LogP contribution in [0.5, 0.6) is 0 Å². The van der Waals surface area contributed by atoms with Crippen LogP contribution < -0.4 is 0 Å². The van der Waals surface area contributed by atoms with Crippen LogP contribution in [0.3, 0.4) is 0 Å². The molecular weight excluding hydrogens is 600 g/mol. The van der Waals surface area contributed by atoms with Crippen molar-refractivity contribution in [2.75, 3.05) is 13.1 Å². The number of H-pyrrole nitrogens is 1. The lowest BCUT2D eigenvalue weighted by molar-refractivity contribution is -0.141. The van der Waals surface area contributed by atoms with Gasteiger partial charge in [0.25, 0.3) is 15.9 Å². The van der Waals surface area contributed by atoms with Gasteiger partial charge in [0.2, 0.25) is 5.91 Å². The molecule has 2 fully saturated rings. The van der Waals surface area contributed by atoms with Crippen molar-refractivity contribution in [1.82, 2.24) is 18.8 Å². The van der Waals surface area contributed by atoms with Gasteiger partial charge in [-0.2, -0.15) is 0 Å². The number of fused-ring (bicyclic) bond motifs is 4. The van der Waals surface area contributed by atoms with E-state index in [1.165, 1.54) is 12.1 Å². The molecule has 3 aromatic carbocycles. The number of carbonyl (C=O) groups is 3. The van der Waals surface area contributed by atoms with Crippen LogP contribution in [0.1, 0.15) is 54.6 Å². The molecule has 9 nitrogen and oxygen atoms in total. The number of piperazine rings is 1. The van der Waals surface area contributed by atoms with Crippen LogP contribution in [-0.2, 0) is 14.8 Å². The average Bonchev–Trinajstić information content (AvgIpc) is 3.84. The van der Waals surface area contributed by atoms with Crippen molar-refractivity contribution in [3.63, 3.8) is 0 Å². The summed E-state index contributed by atoms with van der Waals surface area (Å²) in [6, 6.07) is 25.9. The standard InChI is InChI=1S/C36H36N4O5S/c1-36(2,3)28(20-33(41)30-17-23-11-7-9-15-29(23)37-30)34(42)38-21-26-19-25(38)22-39(26)35(43)32-18-24-12-8-10-16-31(24)40(32)46(44,45)27-13-5-4-6-14-27/h4-18,25-26,28,37H,19-22H2,1-3H3/t25-,26-,28+/m0/s1. The normalized spacial score (nSPS) is 18.8. The minimum Gasteiger partial charge on any atom is -0.352 e. The molecule has 46 heavy (non-hydrogen) atoms. The maximum Gasteiger partial charge on any atom is 0.271 e. The van der Waals surface area contributed by atoms with Crippen molar-refractivity contribution in [2.24, 2.45) is 11.3 Å². The quantitative estimate of drug-likeness (QED) is 0.230. The van der Waals surface area contributed by atoms with Gasteiger partial charge >= 0.3 is 0 Å². The smallest absolute Gasteiger partial charge is 0.271 e. The van der Waals surface area contributed by atoms with Crippen molar-refractivity contribution in [3.05, 3.63) is 102 Å². The molecule has 7 rings (SSSR count). The van der Waals surface area contributed by atoms with Crippen LogP contribution in [0.4, 0.5) is 0 Å². The zero-order chi connectivity index (χ0) is 32.4. The first-order chi connectivity index (χ1) is 21.9. The largest absolute Gasteiger partial charge is 0.352 e. The number of amides is 2. The first kappa shape index (κ1) is 30.0. The monoisotopic (exact) mass is 636 g/mol. The van der Waals surface area contributed by atoms with Crippen molar-refractivity contribution < 1.29 is 22.8 Å². The molecule has 0 saturated carbocycles. The third kappa shape index (κ3) is 5.01. The second kappa shape index (κ2) is 11.0. The Kier molecular flexibility index (Phi) is 7.15. The summed E-state index contributed by atoms with van der Waals surface area (Å²) in [5.74, 6) is -1.12. The molecule has 5 aromatic rings. The minimum atomic E-state index is -4.07. The molecule has 1 N–H and O–H groups in total. The zero-order valence-corrected chi connectivity index (χ0v) is 26.8. The molecule has 236 valence electrons. The van der Waals surface area contributed by atoms with E-state index in [1.807, 2.05) is 62.1 Å². The summed E-state index contributed by atoms with van der Waals surface area (Å²) >= 11 is 0. The van der Waals surface area contributed by atoms with E-state index in [1.54, 1.807) is 47.4 Å². The molecule has 2 aliphatic heterocycles. The number of nitrogens with one attached hydrogen (secondary N) is 1. The second-order valence-corrected chi connectivity index (χ2v) is 15.3. The van der Waals surface area contributed by atoms with Gasteiger partial charge in [0, 0.05) is 35.8 Å². The van der Waals surface area contributed by atoms with Crippen molar-refractivity contribution in [2.45, 2.75) is 50.6 Å². The molecule has 0 spiro atoms. The van der Waals surface area contributed by atoms with Crippen LogP contribution >= 0.6 is 0 Å². The Morgan fingerprint density at radius 1 is 0.826 bits per heavy atom. The van der Waals surface area contributed by atoms with E-state index in [-0.39, 0.29) is 46.7 Å². The average molecular weight is 637 g/mol. The van der Waals surface area contributed by atoms with Crippen molar-refractivity contribution in [3.8, 4) is 0 Å². The van der Waals surface area contributed by atoms with Gasteiger partial charge in [-0.15, -0.1) is 0 Å². The molecule has 4 heterocycles. The predicted molar refractivity (Wildman–Crippen MR) is 176 cm³/mol. The van der Waals surface area contributed by atoms with Crippen molar-refractivity contribution in [1.29, 1.82) is 0 Å². The fourth-order valence-corrected chi connectivity index (χ4v) is 8.58. The maximum absolute atomic E-state index is 14.1. The van der Waals surface area contributed by atoms with E-state index in [2.05, 4.69) is 4.98 Å². The first-order valence-electron chi connectivity index (χ1n) is 15.6. The van der Waals surface area contributed by atoms with E-state index < -0.39 is 21.4 Å². The fraction of sp³-hybridized carbons (Fsp3) is 0.306. The summed E-state index contributed by atoms with van der Waals surface area (Å²) in [6.45, 7) is 6.57. The van der Waals surface area contributed by atoms with Gasteiger partial charge in [0.05, 0.1) is 34.1 Å². The third-order valence-electron chi connectivity index (χ3n) is 9.52. The maximum atomic E-state index is 14.1. The lowest BCUT2D eigenvalue weighted by Crippen LogP contribution is -2.53. The Balaban J connectivity index is 1.13. The van der Waals surface area contributed by atoms with Crippen LogP contribution in [0.2, 0.25) is 0 Å². The lowest BCUT2D eigenvalue weighted by atomic mass is 9.76. The highest BCUT2D eigenvalue weighted by Crippen LogP contribution is 2.38. The number of benzene rings is 3. The highest BCUT2D eigenvalue weighted by molar-refractivity contribution is 7.90. The number of nitrogens with zero attached hydrogens (tertiary/aromatic N) is 3. The highest BCUT2D eigenvalue weighted by atomic mass is 32.2. The summed E-state index contributed by atoms with van der Waals surface area (Å²) in [5.41, 5.74) is 1.41. The highest BCUT2D eigenvalue weighted by Gasteiger charge is 2.50. The number of hydrogen-bond donors (Lipinski definition) is 1. The van der Waals surface area contributed by atoms with Gasteiger partial charge in [-0.1, -0.05) is 75.4 Å². The van der Waals surface area contributed by atoms with Gasteiger partial charge < -0.3 is 14.8 Å². The molecule has 0 radical (unpaired) electrons. The Labute approximate surface area is 267 Å². The molecule has 0 unspecified atom stereocenters. The van der Waals surface area contributed by atoms with Crippen LogP contribution in [0.15, 0.2) is 95.9 Å². The van der Waals surface area contributed by atoms with Gasteiger partial charge in [-0.3, -0.25) is 14.4 Å². The van der Waals surface area contributed by atoms with Gasteiger partial charge in [-0.05, 0) is 48.2 Å². The molecule has 2 saturated heterocycles. The number of rotatable bonds is 7. The number of carbonyl (C=O) groups excluding carboxylic acids is 3. The van der Waals surface area contributed by atoms with E-state index in [0.29, 0.717) is 36.1 Å². The van der Waals surface area contributed by atoms with E-state index in [4.69, 9.17) is 0 Å². The van der Waals surface area contributed by atoms with Gasteiger partial charge in [0.15, 0.2) is 5.78 Å². The molecular formula is C36H36N4O5S. The van der Waals surface area contributed by atoms with Gasteiger partial charge in [0.1, 0.15) is 5.69 Å². The Hall–Kier alpha value is -4.70. The number of likely N-dealkylation sites (tertiary alicyclic amines) is 2. The predicted octanol–water partition coefficient (Wildman–Crippen LogP) is 5.72. The van der Waals surface area contributed by atoms with Crippen molar-refractivity contribution >= 4 is 49.4 Å². The third-order valence-corrected chi connectivity index (χ3v) is 11.3. The Bertz CT molecular complexity index is 2080. The Morgan fingerprint density at radius 2 is 1.46 bits per heavy atom. The fourth-order valence-electron chi connectivity index (χ4n) is 7.05. The number of para-hydroxylation sites is 2. The number of hydrogen-bond acceptors (Lipinski definition) is 5. The van der Waals surface area contributed by atoms with Crippen LogP contribution in [0.25, 0.3) is 21.8 Å². The van der Waals surface area contributed by atoms with E-state index in [0.717, 1.165) is 14.9 Å². The second-order valence-electron chi connectivity index (χ2n) is 13.5. The molecule has 2 bridgehead atoms. The summed E-state index contributed by atoms with van der Waals surface area (Å²) in [4.78, 5) is 48.5. The van der Waals surface area contributed by atoms with Gasteiger partial charge in [-0.25, -0.2) is 12.4 Å². The molecule has 2 aliphatic rings. The number of Topliss-reactive ketones (excluding diaryl/α,β-unsaturated/α-hetero) is 1. The number of aromatic amines is 1. The Morgan fingerprint density at radius 3 is 2.13 bits per heavy atom. The zero-order valence-electron chi connectivity index (χ0n) is 26.0. The number of ketones is 1. The molecule has 2 aromatic heterocycles. The summed E-state index contributed by atoms with van der Waals surface area (Å²) in [7, 11) is -4.07. The minimum absolute atomic E-state index is 0.0726. The summed E-state index contributed by atoms with van der Waals surface area (Å²) in [6.07, 6.45) is 0.680. The molecule has 0 aliphatic carbocycles. The SMILES string of the molecule is CC(C)(C)[C@H](CC(=O)c1cc2ccccc2[nH]1)C(=O)N1C[C@@H]2C[C@H]1CN2C(=O)c1cc2ccccc2n1S(=O)(=O)c1ccccc1.